The lowest BCUT2D eigenvalue weighted by molar-refractivity contribution is -0.0417. The zero-order chi connectivity index (χ0) is 28.1. The van der Waals surface area contributed by atoms with Crippen molar-refractivity contribution in [1.29, 1.82) is 0 Å². The minimum Gasteiger partial charge on any atom is -0.445 e. The predicted octanol–water partition coefficient (Wildman–Crippen LogP) is 5.16. The van der Waals surface area contributed by atoms with Crippen LogP contribution in [-0.4, -0.2) is 45.1 Å². The summed E-state index contributed by atoms with van der Waals surface area (Å²) in [5, 5.41) is 14.6. The van der Waals surface area contributed by atoms with Crippen LogP contribution in [0.15, 0.2) is 104 Å². The number of hydrogen-bond donors (Lipinski definition) is 2. The maximum Gasteiger partial charge on any atom is 0.409 e. The normalized spacial score (nSPS) is 13.3. The fraction of sp³-hybridized carbons (Fsp3) is 0.344. The predicted molar refractivity (Wildman–Crippen MR) is 159 cm³/mol. The van der Waals surface area contributed by atoms with Crippen LogP contribution in [-0.2, 0) is 20.5 Å². The van der Waals surface area contributed by atoms with Gasteiger partial charge in [-0.05, 0) is 33.8 Å². The van der Waals surface area contributed by atoms with Crippen molar-refractivity contribution in [3.05, 3.63) is 109 Å². The number of amides is 1. The van der Waals surface area contributed by atoms with E-state index in [1.807, 2.05) is 66.7 Å². The SMILES string of the molecule is C=CCO[C@H](NC(=O)OCc1ccccc1)[C@H](CCCO)O[Si](c1ccccc1)(c1ccccc1)C(C)(C)C. The van der Waals surface area contributed by atoms with Crippen molar-refractivity contribution in [2.24, 2.45) is 0 Å². The lowest BCUT2D eigenvalue weighted by Crippen LogP contribution is -2.69. The fourth-order valence-electron chi connectivity index (χ4n) is 4.78. The van der Waals surface area contributed by atoms with Gasteiger partial charge in [-0.25, -0.2) is 4.79 Å². The molecule has 3 aromatic carbocycles. The first-order valence-electron chi connectivity index (χ1n) is 13.4. The number of alkyl carbamates (subject to hydrolysis) is 1. The Labute approximate surface area is 233 Å². The Bertz CT molecular complexity index is 1100. The van der Waals surface area contributed by atoms with Gasteiger partial charge in [0.15, 0.2) is 6.23 Å². The lowest BCUT2D eigenvalue weighted by Gasteiger charge is -2.46. The summed E-state index contributed by atoms with van der Waals surface area (Å²) in [7, 11) is -2.97. The van der Waals surface area contributed by atoms with Crippen LogP contribution in [0.25, 0.3) is 0 Å². The molecule has 6 nitrogen and oxygen atoms in total. The third-order valence-corrected chi connectivity index (χ3v) is 11.7. The summed E-state index contributed by atoms with van der Waals surface area (Å²) < 4.78 is 18.9. The van der Waals surface area contributed by atoms with Crippen molar-refractivity contribution in [2.45, 2.75) is 57.6 Å². The number of hydrogen-bond acceptors (Lipinski definition) is 5. The van der Waals surface area contributed by atoms with Crippen molar-refractivity contribution in [1.82, 2.24) is 5.32 Å². The average molecular weight is 548 g/mol. The zero-order valence-electron chi connectivity index (χ0n) is 23.2. The topological polar surface area (TPSA) is 77.0 Å². The maximum atomic E-state index is 12.9. The molecule has 0 spiro atoms. The summed E-state index contributed by atoms with van der Waals surface area (Å²) in [6.45, 7) is 10.7. The average Bonchev–Trinajstić information content (AvgIpc) is 2.95. The highest BCUT2D eigenvalue weighted by Gasteiger charge is 2.52. The second-order valence-corrected chi connectivity index (χ2v) is 14.7. The summed E-state index contributed by atoms with van der Waals surface area (Å²) in [6, 6.07) is 30.1. The first-order chi connectivity index (χ1) is 18.8. The third kappa shape index (κ3) is 8.13. The molecule has 0 heterocycles. The van der Waals surface area contributed by atoms with Crippen molar-refractivity contribution >= 4 is 24.8 Å². The van der Waals surface area contributed by atoms with Crippen LogP contribution in [0.2, 0.25) is 5.04 Å². The van der Waals surface area contributed by atoms with Gasteiger partial charge < -0.3 is 19.0 Å². The second-order valence-electron chi connectivity index (χ2n) is 10.4. The molecule has 208 valence electrons. The minimum absolute atomic E-state index is 0.00671. The van der Waals surface area contributed by atoms with Gasteiger partial charge in [-0.2, -0.15) is 0 Å². The van der Waals surface area contributed by atoms with Crippen LogP contribution >= 0.6 is 0 Å². The number of carbonyl (C=O) groups is 1. The Morgan fingerprint density at radius 1 is 0.949 bits per heavy atom. The number of rotatable bonds is 14. The van der Waals surface area contributed by atoms with Gasteiger partial charge in [-0.3, -0.25) is 5.32 Å². The van der Waals surface area contributed by atoms with Crippen LogP contribution in [0.4, 0.5) is 4.79 Å². The molecule has 3 aromatic rings. The molecule has 0 unspecified atom stereocenters. The molecule has 3 rings (SSSR count). The van der Waals surface area contributed by atoms with Crippen LogP contribution in [0.5, 0.6) is 0 Å². The highest BCUT2D eigenvalue weighted by atomic mass is 28.4. The van der Waals surface area contributed by atoms with Gasteiger partial charge in [-0.15, -0.1) is 6.58 Å². The van der Waals surface area contributed by atoms with E-state index in [1.54, 1.807) is 6.08 Å². The quantitative estimate of drug-likeness (QED) is 0.166. The third-order valence-electron chi connectivity index (χ3n) is 6.60. The molecule has 0 fully saturated rings. The van der Waals surface area contributed by atoms with Gasteiger partial charge in [0.2, 0.25) is 0 Å². The van der Waals surface area contributed by atoms with E-state index in [2.05, 4.69) is 56.9 Å². The molecule has 39 heavy (non-hydrogen) atoms. The Morgan fingerprint density at radius 2 is 1.49 bits per heavy atom. The Balaban J connectivity index is 2.00. The van der Waals surface area contributed by atoms with E-state index in [0.29, 0.717) is 12.8 Å². The summed E-state index contributed by atoms with van der Waals surface area (Å²) in [5.41, 5.74) is 0.886. The summed E-state index contributed by atoms with van der Waals surface area (Å²) in [4.78, 5) is 12.9. The van der Waals surface area contributed by atoms with Crippen LogP contribution in [0.1, 0.15) is 39.2 Å². The van der Waals surface area contributed by atoms with E-state index in [-0.39, 0.29) is 24.9 Å². The van der Waals surface area contributed by atoms with Crippen molar-refractivity contribution in [3.63, 3.8) is 0 Å². The molecule has 0 aliphatic carbocycles. The molecule has 0 radical (unpaired) electrons. The van der Waals surface area contributed by atoms with Gasteiger partial charge >= 0.3 is 6.09 Å². The molecule has 2 atom stereocenters. The molecule has 2 N–H and O–H groups in total. The summed E-state index contributed by atoms with van der Waals surface area (Å²) in [6.07, 6.45) is 0.607. The molecule has 0 aromatic heterocycles. The fourth-order valence-corrected chi connectivity index (χ4v) is 9.49. The Hall–Kier alpha value is -3.23. The first kappa shape index (κ1) is 30.3. The molecule has 0 aliphatic heterocycles. The van der Waals surface area contributed by atoms with Gasteiger partial charge in [0, 0.05) is 6.61 Å². The number of benzene rings is 3. The van der Waals surface area contributed by atoms with Crippen LogP contribution in [0, 0.1) is 0 Å². The smallest absolute Gasteiger partial charge is 0.409 e. The second kappa shape index (κ2) is 14.8. The molecular formula is C32H41NO5Si. The monoisotopic (exact) mass is 547 g/mol. The van der Waals surface area contributed by atoms with Gasteiger partial charge in [0.1, 0.15) is 6.61 Å². The van der Waals surface area contributed by atoms with E-state index in [0.717, 1.165) is 15.9 Å². The maximum absolute atomic E-state index is 12.9. The number of carbonyl (C=O) groups excluding carboxylic acids is 1. The van der Waals surface area contributed by atoms with E-state index in [4.69, 9.17) is 13.9 Å². The highest BCUT2D eigenvalue weighted by molar-refractivity contribution is 6.99. The van der Waals surface area contributed by atoms with Crippen LogP contribution in [0.3, 0.4) is 0 Å². The molecule has 0 aliphatic rings. The molecule has 0 saturated heterocycles. The van der Waals surface area contributed by atoms with Gasteiger partial charge in [0.25, 0.3) is 8.32 Å². The number of aliphatic hydroxyl groups excluding tert-OH is 1. The van der Waals surface area contributed by atoms with Gasteiger partial charge in [-0.1, -0.05) is 118 Å². The minimum atomic E-state index is -2.97. The summed E-state index contributed by atoms with van der Waals surface area (Å²) >= 11 is 0. The first-order valence-corrected chi connectivity index (χ1v) is 15.3. The molecule has 0 bridgehead atoms. The lowest BCUT2D eigenvalue weighted by atomic mass is 10.2. The standard InChI is InChI=1S/C32H41NO5Si/c1-5-24-36-30(33-31(35)37-25-26-16-9-6-10-17-26)29(22-15-23-34)38-39(32(2,3)4,27-18-11-7-12-19-27)28-20-13-8-14-21-28/h5-14,16-21,29-30,34H,1,15,22-25H2,2-4H3,(H,33,35)/t29-,30-/m0/s1. The van der Waals surface area contributed by atoms with E-state index in [9.17, 15) is 9.90 Å². The van der Waals surface area contributed by atoms with E-state index < -0.39 is 26.7 Å². The van der Waals surface area contributed by atoms with Crippen molar-refractivity contribution in [3.8, 4) is 0 Å². The van der Waals surface area contributed by atoms with Gasteiger partial charge in [0.05, 0.1) is 12.7 Å². The van der Waals surface area contributed by atoms with Crippen molar-refractivity contribution < 1.29 is 23.8 Å². The highest BCUT2D eigenvalue weighted by Crippen LogP contribution is 2.38. The zero-order valence-corrected chi connectivity index (χ0v) is 24.2. The molecular weight excluding hydrogens is 506 g/mol. The molecule has 1 amide bonds. The van der Waals surface area contributed by atoms with E-state index in [1.165, 1.54) is 0 Å². The number of nitrogens with one attached hydrogen (secondary N) is 1. The summed E-state index contributed by atoms with van der Waals surface area (Å²) in [5.74, 6) is 0. The Morgan fingerprint density at radius 3 is 1.97 bits per heavy atom. The number of ether oxygens (including phenoxy) is 2. The molecule has 7 heteroatoms. The Kier molecular flexibility index (Phi) is 11.5. The van der Waals surface area contributed by atoms with Crippen molar-refractivity contribution in [2.75, 3.05) is 13.2 Å². The van der Waals surface area contributed by atoms with Crippen LogP contribution < -0.4 is 15.7 Å². The number of aliphatic hydroxyl groups is 1. The van der Waals surface area contributed by atoms with E-state index >= 15 is 0 Å². The molecule has 0 saturated carbocycles. The largest absolute Gasteiger partial charge is 0.445 e.